The van der Waals surface area contributed by atoms with Crippen molar-refractivity contribution in [2.75, 3.05) is 56.1 Å². The molecule has 2 aromatic carbocycles. The molecule has 246 valence electrons. The second kappa shape index (κ2) is 12.8. The average Bonchev–Trinajstić information content (AvgIpc) is 3.73. The molecule has 3 heterocycles. The fourth-order valence-electron chi connectivity index (χ4n) is 8.70. The maximum Gasteiger partial charge on any atom is 0.318 e. The summed E-state index contributed by atoms with van der Waals surface area (Å²) in [5, 5.41) is 2.53. The lowest BCUT2D eigenvalue weighted by Crippen LogP contribution is -2.56. The number of piperazine rings is 1. The monoisotopic (exact) mass is 633 g/mol. The molecule has 47 heavy (non-hydrogen) atoms. The summed E-state index contributed by atoms with van der Waals surface area (Å²) in [6, 6.07) is 13.9. The largest absolute Gasteiger partial charge is 0.459 e. The molecule has 3 aromatic rings. The predicted molar refractivity (Wildman–Crippen MR) is 187 cm³/mol. The summed E-state index contributed by atoms with van der Waals surface area (Å²) < 4.78 is 6.58. The van der Waals surface area contributed by atoms with E-state index in [-0.39, 0.29) is 24.6 Å². The molecule has 1 amide bonds. The first kappa shape index (κ1) is 31.4. The van der Waals surface area contributed by atoms with E-state index in [1.807, 2.05) is 0 Å². The van der Waals surface area contributed by atoms with Crippen LogP contribution in [0.15, 0.2) is 49.1 Å². The molecule has 3 atom stereocenters. The molecule has 2 aliphatic carbocycles. The van der Waals surface area contributed by atoms with Crippen LogP contribution in [0.3, 0.4) is 0 Å². The van der Waals surface area contributed by atoms with E-state index in [0.29, 0.717) is 43.6 Å². The molecule has 1 unspecified atom stereocenters. The zero-order valence-corrected chi connectivity index (χ0v) is 28.1. The lowest BCUT2D eigenvalue weighted by atomic mass is 9.99. The Balaban J connectivity index is 1.19. The van der Waals surface area contributed by atoms with Crippen LogP contribution in [0.5, 0.6) is 6.01 Å². The van der Waals surface area contributed by atoms with Crippen molar-refractivity contribution in [2.45, 2.75) is 77.1 Å². The second-order valence-electron chi connectivity index (χ2n) is 14.2. The Hall–Kier alpha value is -4.16. The summed E-state index contributed by atoms with van der Waals surface area (Å²) in [7, 11) is 2.25. The fourth-order valence-corrected chi connectivity index (χ4v) is 8.70. The quantitative estimate of drug-likeness (QED) is 0.223. The van der Waals surface area contributed by atoms with E-state index in [4.69, 9.17) is 21.3 Å². The van der Waals surface area contributed by atoms with Crippen LogP contribution in [0, 0.1) is 18.9 Å². The highest BCUT2D eigenvalue weighted by Crippen LogP contribution is 2.59. The maximum absolute atomic E-state index is 12.6. The molecular formula is C38H47N7O2. The molecule has 3 fully saturated rings. The first-order valence-corrected chi connectivity index (χ1v) is 17.3. The minimum absolute atomic E-state index is 0.0698. The fraction of sp³-hybridized carbons (Fsp3) is 0.526. The molecule has 0 bridgehead atoms. The third kappa shape index (κ3) is 6.04. The minimum atomic E-state index is -0.228. The molecular weight excluding hydrogens is 586 g/mol. The van der Waals surface area contributed by atoms with E-state index in [1.54, 1.807) is 4.90 Å². The Morgan fingerprint density at radius 3 is 2.74 bits per heavy atom. The Labute approximate surface area is 279 Å². The first-order chi connectivity index (χ1) is 22.8. The van der Waals surface area contributed by atoms with Gasteiger partial charge in [0.25, 0.3) is 0 Å². The molecule has 1 saturated heterocycles. The van der Waals surface area contributed by atoms with E-state index in [2.05, 4.69) is 83.4 Å². The van der Waals surface area contributed by atoms with Crippen molar-refractivity contribution in [3.05, 3.63) is 77.3 Å². The van der Waals surface area contributed by atoms with E-state index in [1.165, 1.54) is 60.2 Å². The summed E-state index contributed by atoms with van der Waals surface area (Å²) in [6.45, 7) is 19.8. The number of benzene rings is 2. The maximum atomic E-state index is 12.6. The van der Waals surface area contributed by atoms with Crippen molar-refractivity contribution in [3.63, 3.8) is 0 Å². The standard InChI is InChI=1S/C38H47N7O2/c1-6-34(46)45-21-20-44(24-29(45)22-39-4)36-30-15-19-43(32-13-8-12-28-11-7-10-26(2)35(28)32)25-31(30)40-37(41-36)47-27(3)23-42(5)33-14-9-16-38(33)17-18-38/h6-8,10-13,27,29,33H,1,9,14-25H2,2-3,5H3/t27-,29-,33?/m0/s1. The number of aryl methyl sites for hydroxylation is 1. The number of nitrogens with zero attached hydrogens (tertiary/aromatic N) is 7. The van der Waals surface area contributed by atoms with Gasteiger partial charge in [-0.05, 0) is 81.5 Å². The van der Waals surface area contributed by atoms with Gasteiger partial charge in [0, 0.05) is 55.4 Å². The first-order valence-electron chi connectivity index (χ1n) is 17.3. The van der Waals surface area contributed by atoms with Crippen LogP contribution in [0.1, 0.15) is 55.8 Å². The normalized spacial score (nSPS) is 22.3. The predicted octanol–water partition coefficient (Wildman–Crippen LogP) is 5.66. The molecule has 4 aliphatic rings. The van der Waals surface area contributed by atoms with Crippen molar-refractivity contribution < 1.29 is 9.53 Å². The van der Waals surface area contributed by atoms with Gasteiger partial charge in [-0.2, -0.15) is 9.97 Å². The molecule has 0 N–H and O–H groups in total. The van der Waals surface area contributed by atoms with E-state index in [9.17, 15) is 4.79 Å². The molecule has 2 aliphatic heterocycles. The Bertz CT molecular complexity index is 1710. The van der Waals surface area contributed by atoms with Gasteiger partial charge in [0.15, 0.2) is 0 Å². The lowest BCUT2D eigenvalue weighted by molar-refractivity contribution is -0.128. The van der Waals surface area contributed by atoms with Crippen LogP contribution in [0.2, 0.25) is 0 Å². The van der Waals surface area contributed by atoms with Crippen LogP contribution in [0.25, 0.3) is 15.6 Å². The van der Waals surface area contributed by atoms with Crippen LogP contribution >= 0.6 is 0 Å². The number of fused-ring (bicyclic) bond motifs is 2. The SMILES string of the molecule is [C-]#[N+]C[C@H]1CN(c2nc(O[C@@H](C)CN(C)C3CCCC34CC4)nc3c2CCN(c2cccc4cccc(C)c24)C3)CCN1C(=O)C=C. The van der Waals surface area contributed by atoms with Crippen molar-refractivity contribution in [1.29, 1.82) is 0 Å². The third-order valence-electron chi connectivity index (χ3n) is 11.1. The van der Waals surface area contributed by atoms with Crippen molar-refractivity contribution in [3.8, 4) is 6.01 Å². The van der Waals surface area contributed by atoms with Crippen molar-refractivity contribution in [2.24, 2.45) is 5.41 Å². The highest BCUT2D eigenvalue weighted by Gasteiger charge is 2.53. The van der Waals surface area contributed by atoms with E-state index >= 15 is 0 Å². The summed E-state index contributed by atoms with van der Waals surface area (Å²) in [5.41, 5.74) is 5.17. The van der Waals surface area contributed by atoms with Crippen LogP contribution < -0.4 is 14.5 Å². The average molecular weight is 634 g/mol. The number of carbonyl (C=O) groups excluding carboxylic acids is 1. The number of ether oxygens (including phenoxy) is 1. The lowest BCUT2D eigenvalue weighted by Gasteiger charge is -2.41. The molecule has 1 spiro atoms. The van der Waals surface area contributed by atoms with Gasteiger partial charge < -0.3 is 24.3 Å². The number of likely N-dealkylation sites (N-methyl/N-ethyl adjacent to an activating group) is 1. The Morgan fingerprint density at radius 1 is 1.17 bits per heavy atom. The van der Waals surface area contributed by atoms with Crippen LogP contribution in [0.4, 0.5) is 11.5 Å². The molecule has 9 nitrogen and oxygen atoms in total. The summed E-state index contributed by atoms with van der Waals surface area (Å²) in [4.78, 5) is 35.5. The van der Waals surface area contributed by atoms with E-state index in [0.717, 1.165) is 36.6 Å². The van der Waals surface area contributed by atoms with Gasteiger partial charge in [0.2, 0.25) is 12.5 Å². The number of hydrogen-bond acceptors (Lipinski definition) is 7. The van der Waals surface area contributed by atoms with Gasteiger partial charge in [0.1, 0.15) is 18.0 Å². The number of anilines is 2. The summed E-state index contributed by atoms with van der Waals surface area (Å²) in [5.74, 6) is 0.758. The Kier molecular flexibility index (Phi) is 8.56. The number of aromatic nitrogens is 2. The molecule has 0 radical (unpaired) electrons. The van der Waals surface area contributed by atoms with Crippen LogP contribution in [-0.2, 0) is 17.8 Å². The zero-order valence-electron chi connectivity index (χ0n) is 28.1. The summed E-state index contributed by atoms with van der Waals surface area (Å²) >= 11 is 0. The number of rotatable bonds is 9. The van der Waals surface area contributed by atoms with E-state index < -0.39 is 0 Å². The molecule has 2 saturated carbocycles. The van der Waals surface area contributed by atoms with Gasteiger partial charge >= 0.3 is 6.01 Å². The highest BCUT2D eigenvalue weighted by molar-refractivity contribution is 5.97. The van der Waals surface area contributed by atoms with Crippen molar-refractivity contribution >= 4 is 28.2 Å². The number of hydrogen-bond donors (Lipinski definition) is 0. The number of amides is 1. The third-order valence-corrected chi connectivity index (χ3v) is 11.1. The van der Waals surface area contributed by atoms with Crippen molar-refractivity contribution in [1.82, 2.24) is 19.8 Å². The van der Waals surface area contributed by atoms with Gasteiger partial charge in [-0.15, -0.1) is 0 Å². The smallest absolute Gasteiger partial charge is 0.318 e. The summed E-state index contributed by atoms with van der Waals surface area (Å²) in [6.07, 6.45) is 8.77. The minimum Gasteiger partial charge on any atom is -0.459 e. The molecule has 9 heteroatoms. The van der Waals surface area contributed by atoms with Gasteiger partial charge in [0.05, 0.1) is 12.2 Å². The van der Waals surface area contributed by atoms with Crippen LogP contribution in [-0.4, -0.2) is 90.2 Å². The van der Waals surface area contributed by atoms with Gasteiger partial charge in [-0.3, -0.25) is 9.69 Å². The number of carbonyl (C=O) groups is 1. The zero-order chi connectivity index (χ0) is 32.7. The molecule has 7 rings (SSSR count). The Morgan fingerprint density at radius 2 is 1.98 bits per heavy atom. The van der Waals surface area contributed by atoms with Gasteiger partial charge in [-0.1, -0.05) is 43.3 Å². The van der Waals surface area contributed by atoms with Gasteiger partial charge in [-0.25, -0.2) is 6.57 Å². The highest BCUT2D eigenvalue weighted by atomic mass is 16.5. The topological polar surface area (TPSA) is 69.4 Å². The molecule has 1 aromatic heterocycles. The second-order valence-corrected chi connectivity index (χ2v) is 14.2.